The van der Waals surface area contributed by atoms with E-state index in [9.17, 15) is 19.3 Å². The molecule has 1 amide bonds. The van der Waals surface area contributed by atoms with E-state index in [4.69, 9.17) is 5.73 Å². The third-order valence-corrected chi connectivity index (χ3v) is 2.65. The zero-order valence-electron chi connectivity index (χ0n) is 9.67. The summed E-state index contributed by atoms with van der Waals surface area (Å²) in [5, 5.41) is 10.9. The Morgan fingerprint density at radius 1 is 1.11 bits per heavy atom. The predicted molar refractivity (Wildman–Crippen MR) is 67.0 cm³/mol. The summed E-state index contributed by atoms with van der Waals surface area (Å²) in [5.41, 5.74) is 4.65. The number of rotatable bonds is 3. The summed E-state index contributed by atoms with van der Waals surface area (Å²) < 4.78 is 13.7. The third-order valence-electron chi connectivity index (χ3n) is 2.65. The normalized spacial score (nSPS) is 10.2. The number of halogens is 1. The van der Waals surface area contributed by atoms with Gasteiger partial charge in [0.05, 0.1) is 4.92 Å². The van der Waals surface area contributed by atoms with Crippen molar-refractivity contribution in [3.8, 4) is 11.1 Å². The van der Waals surface area contributed by atoms with Gasteiger partial charge >= 0.3 is 0 Å². The maximum Gasteiger partial charge on any atom is 0.282 e. The molecule has 0 atom stereocenters. The maximum absolute atomic E-state index is 13.7. The molecular formula is C13H9FN2O3. The molecular weight excluding hydrogens is 251 g/mol. The minimum absolute atomic E-state index is 0.0972. The summed E-state index contributed by atoms with van der Waals surface area (Å²) >= 11 is 0. The number of amides is 1. The molecule has 0 bridgehead atoms. The van der Waals surface area contributed by atoms with Gasteiger partial charge in [-0.15, -0.1) is 0 Å². The van der Waals surface area contributed by atoms with Gasteiger partial charge in [0.15, 0.2) is 0 Å². The van der Waals surface area contributed by atoms with Gasteiger partial charge in [-0.3, -0.25) is 14.9 Å². The Hall–Kier alpha value is -2.76. The third kappa shape index (κ3) is 2.28. The fraction of sp³-hybridized carbons (Fsp3) is 0. The van der Waals surface area contributed by atoms with Gasteiger partial charge in [0, 0.05) is 17.2 Å². The van der Waals surface area contributed by atoms with Crippen molar-refractivity contribution in [2.45, 2.75) is 0 Å². The first-order valence-corrected chi connectivity index (χ1v) is 5.34. The molecule has 96 valence electrons. The highest BCUT2D eigenvalue weighted by Crippen LogP contribution is 2.31. The van der Waals surface area contributed by atoms with Crippen molar-refractivity contribution in [2.24, 2.45) is 5.73 Å². The highest BCUT2D eigenvalue weighted by atomic mass is 19.1. The van der Waals surface area contributed by atoms with Gasteiger partial charge < -0.3 is 5.73 Å². The lowest BCUT2D eigenvalue weighted by Crippen LogP contribution is -2.15. The standard InChI is InChI=1S/C13H9FN2O3/c14-10-6-2-1-4-8(10)9-5-3-7-11(16(18)19)12(9)13(15)17/h1-7H,(H2,15,17). The average molecular weight is 260 g/mol. The monoisotopic (exact) mass is 260 g/mol. The van der Waals surface area contributed by atoms with E-state index >= 15 is 0 Å². The van der Waals surface area contributed by atoms with Crippen LogP contribution in [0, 0.1) is 15.9 Å². The average Bonchev–Trinajstić information content (AvgIpc) is 2.38. The molecule has 0 saturated carbocycles. The van der Waals surface area contributed by atoms with Crippen molar-refractivity contribution in [1.29, 1.82) is 0 Å². The smallest absolute Gasteiger partial charge is 0.282 e. The van der Waals surface area contributed by atoms with Crippen molar-refractivity contribution >= 4 is 11.6 Å². The van der Waals surface area contributed by atoms with Crippen LogP contribution in [0.1, 0.15) is 10.4 Å². The first-order valence-electron chi connectivity index (χ1n) is 5.34. The van der Waals surface area contributed by atoms with Crippen molar-refractivity contribution in [1.82, 2.24) is 0 Å². The predicted octanol–water partition coefficient (Wildman–Crippen LogP) is 2.50. The molecule has 0 radical (unpaired) electrons. The SMILES string of the molecule is NC(=O)c1c(-c2ccccc2F)cccc1[N+](=O)[O-]. The second-order valence-electron chi connectivity index (χ2n) is 3.80. The molecule has 0 heterocycles. The van der Waals surface area contributed by atoms with E-state index in [1.165, 1.54) is 30.3 Å². The van der Waals surface area contributed by atoms with E-state index in [-0.39, 0.29) is 16.7 Å². The first-order chi connectivity index (χ1) is 9.02. The molecule has 19 heavy (non-hydrogen) atoms. The molecule has 0 aromatic heterocycles. The lowest BCUT2D eigenvalue weighted by Gasteiger charge is -2.08. The van der Waals surface area contributed by atoms with Gasteiger partial charge in [0.25, 0.3) is 11.6 Å². The van der Waals surface area contributed by atoms with Gasteiger partial charge in [-0.1, -0.05) is 30.3 Å². The number of nitrogens with zero attached hydrogens (tertiary/aromatic N) is 1. The molecule has 5 nitrogen and oxygen atoms in total. The Bertz CT molecular complexity index is 671. The maximum atomic E-state index is 13.7. The summed E-state index contributed by atoms with van der Waals surface area (Å²) in [6.07, 6.45) is 0. The number of nitrogens with two attached hydrogens (primary N) is 1. The molecule has 6 heteroatoms. The molecule has 0 unspecified atom stereocenters. The van der Waals surface area contributed by atoms with Crippen LogP contribution in [-0.4, -0.2) is 10.8 Å². The number of primary amides is 1. The molecule has 0 aliphatic heterocycles. The van der Waals surface area contributed by atoms with E-state index in [1.54, 1.807) is 6.07 Å². The fourth-order valence-electron chi connectivity index (χ4n) is 1.86. The zero-order valence-corrected chi connectivity index (χ0v) is 9.67. The highest BCUT2D eigenvalue weighted by Gasteiger charge is 2.23. The van der Waals surface area contributed by atoms with Gasteiger partial charge in [-0.2, -0.15) is 0 Å². The molecule has 0 fully saturated rings. The number of carbonyl (C=O) groups is 1. The number of benzene rings is 2. The van der Waals surface area contributed by atoms with E-state index in [2.05, 4.69) is 0 Å². The van der Waals surface area contributed by atoms with Gasteiger partial charge in [0.1, 0.15) is 11.4 Å². The summed E-state index contributed by atoms with van der Waals surface area (Å²) in [6.45, 7) is 0. The number of nitro benzene ring substituents is 1. The molecule has 2 rings (SSSR count). The number of hydrogen-bond acceptors (Lipinski definition) is 3. The van der Waals surface area contributed by atoms with E-state index in [0.717, 1.165) is 6.07 Å². The number of hydrogen-bond donors (Lipinski definition) is 1. The van der Waals surface area contributed by atoms with Crippen LogP contribution in [0.5, 0.6) is 0 Å². The highest BCUT2D eigenvalue weighted by molar-refractivity contribution is 6.03. The summed E-state index contributed by atoms with van der Waals surface area (Å²) in [5.74, 6) is -1.55. The minimum atomic E-state index is -0.967. The summed E-state index contributed by atoms with van der Waals surface area (Å²) in [4.78, 5) is 21.6. The minimum Gasteiger partial charge on any atom is -0.365 e. The molecule has 2 aromatic carbocycles. The van der Waals surface area contributed by atoms with Crippen molar-refractivity contribution < 1.29 is 14.1 Å². The molecule has 0 spiro atoms. The van der Waals surface area contributed by atoms with Crippen molar-refractivity contribution in [2.75, 3.05) is 0 Å². The molecule has 0 aliphatic carbocycles. The fourth-order valence-corrected chi connectivity index (χ4v) is 1.86. The van der Waals surface area contributed by atoms with E-state index in [0.29, 0.717) is 0 Å². The Morgan fingerprint density at radius 2 is 1.74 bits per heavy atom. The van der Waals surface area contributed by atoms with Gasteiger partial charge in [-0.25, -0.2) is 4.39 Å². The van der Waals surface area contributed by atoms with Crippen molar-refractivity contribution in [3.05, 3.63) is 64.0 Å². The summed E-state index contributed by atoms with van der Waals surface area (Å²) in [6, 6.07) is 9.66. The Kier molecular flexibility index (Phi) is 3.24. The van der Waals surface area contributed by atoms with Crippen LogP contribution in [0.25, 0.3) is 11.1 Å². The van der Waals surface area contributed by atoms with Crippen LogP contribution in [0.4, 0.5) is 10.1 Å². The van der Waals surface area contributed by atoms with E-state index in [1.807, 2.05) is 0 Å². The zero-order chi connectivity index (χ0) is 14.0. The van der Waals surface area contributed by atoms with Crippen LogP contribution < -0.4 is 5.73 Å². The Balaban J connectivity index is 2.78. The lowest BCUT2D eigenvalue weighted by molar-refractivity contribution is -0.385. The van der Waals surface area contributed by atoms with Gasteiger partial charge in [-0.05, 0) is 6.07 Å². The number of carbonyl (C=O) groups excluding carboxylic acids is 1. The van der Waals surface area contributed by atoms with E-state index < -0.39 is 22.3 Å². The van der Waals surface area contributed by atoms with Crippen LogP contribution in [0.3, 0.4) is 0 Å². The van der Waals surface area contributed by atoms with Crippen molar-refractivity contribution in [3.63, 3.8) is 0 Å². The largest absolute Gasteiger partial charge is 0.365 e. The number of nitro groups is 1. The molecule has 0 saturated heterocycles. The summed E-state index contributed by atoms with van der Waals surface area (Å²) in [7, 11) is 0. The van der Waals surface area contributed by atoms with Crippen LogP contribution >= 0.6 is 0 Å². The molecule has 0 aliphatic rings. The Morgan fingerprint density at radius 3 is 2.32 bits per heavy atom. The first kappa shape index (κ1) is 12.7. The second kappa shape index (κ2) is 4.85. The van der Waals surface area contributed by atoms with Crippen LogP contribution in [0.2, 0.25) is 0 Å². The van der Waals surface area contributed by atoms with Gasteiger partial charge in [0.2, 0.25) is 0 Å². The van der Waals surface area contributed by atoms with Crippen LogP contribution in [0.15, 0.2) is 42.5 Å². The molecule has 2 N–H and O–H groups in total. The second-order valence-corrected chi connectivity index (χ2v) is 3.80. The topological polar surface area (TPSA) is 86.2 Å². The lowest BCUT2D eigenvalue weighted by atomic mass is 9.97. The molecule has 2 aromatic rings. The Labute approximate surface area is 107 Å². The van der Waals surface area contributed by atoms with Crippen LogP contribution in [-0.2, 0) is 0 Å². The quantitative estimate of drug-likeness (QED) is 0.679.